The lowest BCUT2D eigenvalue weighted by Crippen LogP contribution is -2.53. The number of alkyl halides is 1. The third-order valence-corrected chi connectivity index (χ3v) is 6.10. The van der Waals surface area contributed by atoms with Gasteiger partial charge in [0.25, 0.3) is 0 Å². The largest absolute Gasteiger partial charge is 0.458 e. The van der Waals surface area contributed by atoms with Crippen molar-refractivity contribution >= 4 is 5.97 Å². The van der Waals surface area contributed by atoms with Crippen molar-refractivity contribution in [2.24, 2.45) is 5.92 Å². The van der Waals surface area contributed by atoms with E-state index in [2.05, 4.69) is 4.90 Å². The normalized spacial score (nSPS) is 25.9. The summed E-state index contributed by atoms with van der Waals surface area (Å²) in [7, 11) is 0. The third-order valence-electron chi connectivity index (χ3n) is 6.10. The van der Waals surface area contributed by atoms with Gasteiger partial charge in [-0.15, -0.1) is 0 Å². The van der Waals surface area contributed by atoms with Crippen molar-refractivity contribution in [2.75, 3.05) is 26.3 Å². The Balaban J connectivity index is 1.64. The fourth-order valence-corrected chi connectivity index (χ4v) is 4.37. The molecule has 2 aromatic rings. The molecule has 0 aliphatic carbocycles. The first kappa shape index (κ1) is 19.1. The monoisotopic (exact) mass is 383 g/mol. The number of esters is 1. The lowest BCUT2D eigenvalue weighted by Gasteiger charge is -2.44. The number of hydrogen-bond donors (Lipinski definition) is 1. The molecule has 0 spiro atoms. The molecule has 0 aromatic heterocycles. The highest BCUT2D eigenvalue weighted by molar-refractivity contribution is 5.85. The number of rotatable bonds is 6. The van der Waals surface area contributed by atoms with E-state index >= 15 is 0 Å². The van der Waals surface area contributed by atoms with Crippen molar-refractivity contribution in [3.05, 3.63) is 71.3 Å². The Morgan fingerprint density at radius 2 is 1.71 bits per heavy atom. The zero-order valence-corrected chi connectivity index (χ0v) is 15.9. The lowest BCUT2D eigenvalue weighted by molar-refractivity contribution is -0.177. The number of aliphatic hydroxyl groups is 1. The fourth-order valence-electron chi connectivity index (χ4n) is 4.37. The zero-order valence-electron chi connectivity index (χ0n) is 15.9. The van der Waals surface area contributed by atoms with Gasteiger partial charge in [-0.3, -0.25) is 9.29 Å². The number of piperidine rings is 3. The van der Waals surface area contributed by atoms with Gasteiger partial charge in [-0.25, -0.2) is 4.79 Å². The van der Waals surface area contributed by atoms with Crippen LogP contribution < -0.4 is 0 Å². The van der Waals surface area contributed by atoms with Gasteiger partial charge in [0.15, 0.2) is 0 Å². The second kappa shape index (κ2) is 8.02. The summed E-state index contributed by atoms with van der Waals surface area (Å²) in [6.45, 7) is 2.40. The van der Waals surface area contributed by atoms with E-state index in [1.54, 1.807) is 48.5 Å². The summed E-state index contributed by atoms with van der Waals surface area (Å²) in [5.74, 6) is -0.281. The van der Waals surface area contributed by atoms with E-state index in [0.29, 0.717) is 23.5 Å². The van der Waals surface area contributed by atoms with Crippen molar-refractivity contribution in [1.29, 1.82) is 0 Å². The van der Waals surface area contributed by atoms with E-state index in [4.69, 9.17) is 4.74 Å². The van der Waals surface area contributed by atoms with Crippen molar-refractivity contribution in [2.45, 2.75) is 31.0 Å². The lowest BCUT2D eigenvalue weighted by atomic mass is 9.84. The van der Waals surface area contributed by atoms with Crippen molar-refractivity contribution < 1.29 is 19.0 Å². The summed E-state index contributed by atoms with van der Waals surface area (Å²) in [5, 5.41) is 11.6. The molecule has 3 heterocycles. The number of hydrogen-bond acceptors (Lipinski definition) is 4. The first-order valence-corrected chi connectivity index (χ1v) is 9.98. The van der Waals surface area contributed by atoms with Gasteiger partial charge in [0.1, 0.15) is 6.10 Å². The minimum Gasteiger partial charge on any atom is -0.458 e. The van der Waals surface area contributed by atoms with E-state index < -0.39 is 18.2 Å². The Labute approximate surface area is 164 Å². The maximum Gasteiger partial charge on any atom is 0.348 e. The number of aryl methyl sites for hydroxylation is 1. The molecule has 3 fully saturated rings. The van der Waals surface area contributed by atoms with Crippen LogP contribution in [0.25, 0.3) is 0 Å². The SMILES string of the molecule is O=C(O[C@H]1CN2CCC1CC2)[C@@](O)(c1ccccc1)c1ccc(CCF)cc1. The van der Waals surface area contributed by atoms with Crippen LogP contribution in [0.15, 0.2) is 54.6 Å². The van der Waals surface area contributed by atoms with Gasteiger partial charge < -0.3 is 9.84 Å². The molecule has 0 saturated carbocycles. The summed E-state index contributed by atoms with van der Waals surface area (Å²) in [4.78, 5) is 15.6. The van der Waals surface area contributed by atoms with Crippen molar-refractivity contribution in [1.82, 2.24) is 4.90 Å². The number of carbonyl (C=O) groups is 1. The molecule has 2 aromatic carbocycles. The molecule has 148 valence electrons. The number of fused-ring (bicyclic) bond motifs is 3. The molecule has 4 nitrogen and oxygen atoms in total. The van der Waals surface area contributed by atoms with Crippen LogP contribution in [0, 0.1) is 5.92 Å². The summed E-state index contributed by atoms with van der Waals surface area (Å²) < 4.78 is 18.5. The predicted molar refractivity (Wildman–Crippen MR) is 105 cm³/mol. The van der Waals surface area contributed by atoms with Crippen LogP contribution in [0.4, 0.5) is 4.39 Å². The average molecular weight is 383 g/mol. The Morgan fingerprint density at radius 1 is 1.07 bits per heavy atom. The second-order valence-electron chi connectivity index (χ2n) is 7.79. The minimum atomic E-state index is -1.89. The van der Waals surface area contributed by atoms with Crippen LogP contribution >= 0.6 is 0 Å². The standard InChI is InChI=1S/C23H26FNO3/c24-13-10-17-6-8-20(9-7-17)23(27,19-4-2-1-3-5-19)22(26)28-21-16-25-14-11-18(21)12-15-25/h1-9,18,21,27H,10-16H2/t21-,23+/m0/s1. The predicted octanol–water partition coefficient (Wildman–Crippen LogP) is 3.07. The molecule has 3 aliphatic rings. The molecule has 2 bridgehead atoms. The zero-order chi connectivity index (χ0) is 19.6. The summed E-state index contributed by atoms with van der Waals surface area (Å²) in [6.07, 6.45) is 2.18. The first-order chi connectivity index (χ1) is 13.6. The highest BCUT2D eigenvalue weighted by Crippen LogP contribution is 2.35. The molecule has 3 aliphatic heterocycles. The molecule has 5 rings (SSSR count). The van der Waals surface area contributed by atoms with E-state index in [1.165, 1.54) is 0 Å². The molecule has 0 amide bonds. The maximum absolute atomic E-state index is 13.3. The topological polar surface area (TPSA) is 49.8 Å². The van der Waals surface area contributed by atoms with Crippen LogP contribution in [0.2, 0.25) is 0 Å². The van der Waals surface area contributed by atoms with Gasteiger partial charge in [0, 0.05) is 13.0 Å². The van der Waals surface area contributed by atoms with Crippen LogP contribution in [0.3, 0.4) is 0 Å². The number of nitrogens with zero attached hydrogens (tertiary/aromatic N) is 1. The van der Waals surface area contributed by atoms with E-state index in [1.807, 2.05) is 6.07 Å². The van der Waals surface area contributed by atoms with Crippen LogP contribution in [-0.2, 0) is 21.6 Å². The number of carbonyl (C=O) groups excluding carboxylic acids is 1. The van der Waals surface area contributed by atoms with Crippen LogP contribution in [0.1, 0.15) is 29.5 Å². The summed E-state index contributed by atoms with van der Waals surface area (Å²) in [6, 6.07) is 15.8. The highest BCUT2D eigenvalue weighted by Gasteiger charge is 2.45. The average Bonchev–Trinajstić information content (AvgIpc) is 2.75. The van der Waals surface area contributed by atoms with Gasteiger partial charge in [-0.1, -0.05) is 54.6 Å². The maximum atomic E-state index is 13.3. The van der Waals surface area contributed by atoms with Gasteiger partial charge in [0.2, 0.25) is 5.60 Å². The van der Waals surface area contributed by atoms with Gasteiger partial charge >= 0.3 is 5.97 Å². The summed E-state index contributed by atoms with van der Waals surface area (Å²) in [5.41, 5.74) is -0.152. The van der Waals surface area contributed by atoms with E-state index in [9.17, 15) is 14.3 Å². The quantitative estimate of drug-likeness (QED) is 0.779. The molecule has 1 N–H and O–H groups in total. The van der Waals surface area contributed by atoms with Crippen LogP contribution in [0.5, 0.6) is 0 Å². The molecule has 3 saturated heterocycles. The Morgan fingerprint density at radius 3 is 2.29 bits per heavy atom. The van der Waals surface area contributed by atoms with Gasteiger partial charge in [-0.2, -0.15) is 0 Å². The molecule has 2 atom stereocenters. The van der Waals surface area contributed by atoms with Crippen molar-refractivity contribution in [3.63, 3.8) is 0 Å². The van der Waals surface area contributed by atoms with Gasteiger partial charge in [0.05, 0.1) is 6.67 Å². The molecular weight excluding hydrogens is 357 g/mol. The molecule has 0 unspecified atom stereocenters. The summed E-state index contributed by atoms with van der Waals surface area (Å²) >= 11 is 0. The first-order valence-electron chi connectivity index (χ1n) is 9.98. The van der Waals surface area contributed by atoms with E-state index in [0.717, 1.165) is 38.0 Å². The fraction of sp³-hybridized carbons (Fsp3) is 0.435. The van der Waals surface area contributed by atoms with Crippen molar-refractivity contribution in [3.8, 4) is 0 Å². The van der Waals surface area contributed by atoms with Crippen LogP contribution in [-0.4, -0.2) is 48.4 Å². The highest BCUT2D eigenvalue weighted by atomic mass is 19.1. The Bertz CT molecular complexity index is 802. The second-order valence-corrected chi connectivity index (χ2v) is 7.79. The Hall–Kier alpha value is -2.24. The third kappa shape index (κ3) is 3.56. The molecule has 0 radical (unpaired) electrons. The van der Waals surface area contributed by atoms with Gasteiger partial charge in [-0.05, 0) is 48.5 Å². The minimum absolute atomic E-state index is 0.184. The Kier molecular flexibility index (Phi) is 5.47. The number of benzene rings is 2. The smallest absolute Gasteiger partial charge is 0.348 e. The molecular formula is C23H26FNO3. The number of halogens is 1. The van der Waals surface area contributed by atoms with E-state index in [-0.39, 0.29) is 6.10 Å². The molecule has 28 heavy (non-hydrogen) atoms. The molecule has 5 heteroatoms. The number of ether oxygens (including phenoxy) is 1.